The lowest BCUT2D eigenvalue weighted by Crippen LogP contribution is -2.33. The number of fused-ring (bicyclic) bond motifs is 3. The van der Waals surface area contributed by atoms with Crippen molar-refractivity contribution < 1.29 is 19.4 Å². The van der Waals surface area contributed by atoms with E-state index in [9.17, 15) is 19.2 Å². The first kappa shape index (κ1) is 18.6. The third kappa shape index (κ3) is 2.86. The number of hydrogen-bond donors (Lipinski definition) is 4. The smallest absolute Gasteiger partial charge is 0.341 e. The van der Waals surface area contributed by atoms with Gasteiger partial charge >= 0.3 is 11.7 Å². The van der Waals surface area contributed by atoms with Crippen LogP contribution in [-0.4, -0.2) is 33.4 Å². The molecule has 1 atom stereocenters. The summed E-state index contributed by atoms with van der Waals surface area (Å²) in [5.74, 6) is -1.89. The summed E-state index contributed by atoms with van der Waals surface area (Å²) in [6.07, 6.45) is 0. The highest BCUT2D eigenvalue weighted by Gasteiger charge is 2.42. The number of carboxylic acid groups (broad SMARTS) is 1. The fourth-order valence-corrected chi connectivity index (χ4v) is 4.15. The zero-order valence-electron chi connectivity index (χ0n) is 15.9. The van der Waals surface area contributed by atoms with Crippen LogP contribution in [0.15, 0.2) is 63.7 Å². The third-order valence-corrected chi connectivity index (χ3v) is 5.34. The predicted molar refractivity (Wildman–Crippen MR) is 110 cm³/mol. The largest absolute Gasteiger partial charge is 0.482 e. The van der Waals surface area contributed by atoms with Crippen LogP contribution in [-0.2, 0) is 4.79 Å². The molecule has 31 heavy (non-hydrogen) atoms. The van der Waals surface area contributed by atoms with Crippen molar-refractivity contribution in [3.8, 4) is 5.75 Å². The highest BCUT2D eigenvalue weighted by molar-refractivity contribution is 6.23. The summed E-state index contributed by atoms with van der Waals surface area (Å²) in [5.41, 5.74) is 1.20. The van der Waals surface area contributed by atoms with Gasteiger partial charge in [-0.15, -0.1) is 0 Å². The molecule has 0 amide bonds. The van der Waals surface area contributed by atoms with E-state index in [0.717, 1.165) is 0 Å². The van der Waals surface area contributed by atoms with Crippen LogP contribution in [0.4, 0.5) is 5.82 Å². The molecular weight excluding hydrogens is 402 g/mol. The summed E-state index contributed by atoms with van der Waals surface area (Å²) < 4.78 is 5.45. The number of carbonyl (C=O) groups is 2. The van der Waals surface area contributed by atoms with E-state index < -0.39 is 29.7 Å². The number of aromatic amines is 2. The summed E-state index contributed by atoms with van der Waals surface area (Å²) in [7, 11) is 0. The number of ketones is 1. The summed E-state index contributed by atoms with van der Waals surface area (Å²) in [6.45, 7) is -0.586. The Kier molecular flexibility index (Phi) is 4.11. The number of nitrogens with one attached hydrogen (secondary N) is 3. The Hall–Kier alpha value is -4.40. The van der Waals surface area contributed by atoms with Gasteiger partial charge in [-0.1, -0.05) is 42.5 Å². The Morgan fingerprint density at radius 1 is 0.968 bits per heavy atom. The number of carboxylic acids is 1. The number of rotatable bonds is 4. The number of para-hydroxylation sites is 1. The van der Waals surface area contributed by atoms with Gasteiger partial charge in [-0.2, -0.15) is 0 Å². The Labute approximate surface area is 174 Å². The number of allylic oxidation sites excluding steroid dienone is 1. The fraction of sp³-hybridized carbons (Fsp3) is 0.0909. The van der Waals surface area contributed by atoms with E-state index >= 15 is 0 Å². The molecule has 2 aromatic carbocycles. The van der Waals surface area contributed by atoms with Crippen molar-refractivity contribution >= 4 is 23.3 Å². The van der Waals surface area contributed by atoms with Gasteiger partial charge in [-0.05, 0) is 6.07 Å². The Bertz CT molecular complexity index is 1410. The van der Waals surface area contributed by atoms with Crippen LogP contribution in [0.3, 0.4) is 0 Å². The molecule has 9 heteroatoms. The summed E-state index contributed by atoms with van der Waals surface area (Å²) in [5, 5.41) is 12.1. The average Bonchev–Trinajstić information content (AvgIpc) is 3.03. The van der Waals surface area contributed by atoms with Crippen molar-refractivity contribution in [1.29, 1.82) is 0 Å². The number of ether oxygens (including phenoxy) is 1. The van der Waals surface area contributed by atoms with Gasteiger partial charge in [0, 0.05) is 22.3 Å². The van der Waals surface area contributed by atoms with Crippen molar-refractivity contribution in [3.05, 3.63) is 97.2 Å². The lowest BCUT2D eigenvalue weighted by molar-refractivity contribution is -0.139. The molecule has 1 unspecified atom stereocenters. The van der Waals surface area contributed by atoms with Crippen LogP contribution in [0.2, 0.25) is 0 Å². The van der Waals surface area contributed by atoms with Crippen LogP contribution < -0.4 is 21.3 Å². The highest BCUT2D eigenvalue weighted by Crippen LogP contribution is 2.49. The van der Waals surface area contributed by atoms with Crippen molar-refractivity contribution in [3.63, 3.8) is 0 Å². The molecule has 154 valence electrons. The average molecular weight is 417 g/mol. The van der Waals surface area contributed by atoms with Crippen molar-refractivity contribution in [1.82, 2.24) is 9.97 Å². The van der Waals surface area contributed by atoms with E-state index in [1.165, 1.54) is 0 Å². The molecule has 1 aromatic heterocycles. The summed E-state index contributed by atoms with van der Waals surface area (Å²) >= 11 is 0. The summed E-state index contributed by atoms with van der Waals surface area (Å²) in [6, 6.07) is 13.6. The fourth-order valence-electron chi connectivity index (χ4n) is 4.15. The maximum absolute atomic E-state index is 13.4. The molecular formula is C22H15N3O6. The minimum atomic E-state index is -1.16. The molecule has 3 aromatic rings. The van der Waals surface area contributed by atoms with Crippen LogP contribution >= 0.6 is 0 Å². The number of aromatic nitrogens is 2. The number of aliphatic carboxylic acids is 1. The molecule has 0 saturated carbocycles. The first-order chi connectivity index (χ1) is 15.0. The van der Waals surface area contributed by atoms with E-state index in [1.807, 2.05) is 0 Å². The van der Waals surface area contributed by atoms with Crippen LogP contribution in [0.5, 0.6) is 5.75 Å². The van der Waals surface area contributed by atoms with Gasteiger partial charge in [-0.25, -0.2) is 9.59 Å². The van der Waals surface area contributed by atoms with Gasteiger partial charge < -0.3 is 15.2 Å². The van der Waals surface area contributed by atoms with Crippen molar-refractivity contribution in [2.24, 2.45) is 0 Å². The highest BCUT2D eigenvalue weighted by atomic mass is 16.5. The molecule has 2 aliphatic rings. The number of benzene rings is 2. The second-order valence-electron chi connectivity index (χ2n) is 7.14. The molecule has 5 rings (SSSR count). The van der Waals surface area contributed by atoms with Crippen LogP contribution in [0.1, 0.15) is 33.0 Å². The second kappa shape index (κ2) is 6.84. The van der Waals surface area contributed by atoms with Crippen LogP contribution in [0.25, 0.3) is 5.70 Å². The maximum Gasteiger partial charge on any atom is 0.341 e. The van der Waals surface area contributed by atoms with Gasteiger partial charge in [0.2, 0.25) is 0 Å². The number of Topliss-reactive ketones (excluding diaryl/α,β-unsaturated/α-hetero) is 1. The van der Waals surface area contributed by atoms with E-state index in [0.29, 0.717) is 28.0 Å². The van der Waals surface area contributed by atoms with Gasteiger partial charge in [0.05, 0.1) is 17.2 Å². The summed E-state index contributed by atoms with van der Waals surface area (Å²) in [4.78, 5) is 54.0. The monoisotopic (exact) mass is 417 g/mol. The lowest BCUT2D eigenvalue weighted by atomic mass is 9.81. The normalized spacial score (nSPS) is 16.3. The molecule has 1 aliphatic heterocycles. The third-order valence-electron chi connectivity index (χ3n) is 5.34. The standard InChI is InChI=1S/C22H15N3O6/c26-14(27)9-31-13-8-4-3-7-12(13)15-16-18(10-5-1-2-6-11(10)19(16)28)23-20-17(15)21(29)25-22(30)24-20/h1-8,15H,9H2,(H,26,27)(H3,23,24,25,29,30). The molecule has 4 N–H and O–H groups in total. The van der Waals surface area contributed by atoms with Gasteiger partial charge in [0.1, 0.15) is 11.6 Å². The number of anilines is 1. The van der Waals surface area contributed by atoms with Gasteiger partial charge in [0.25, 0.3) is 5.56 Å². The zero-order chi connectivity index (χ0) is 21.7. The molecule has 2 heterocycles. The molecule has 0 fully saturated rings. The van der Waals surface area contributed by atoms with E-state index in [2.05, 4.69) is 15.3 Å². The maximum atomic E-state index is 13.4. The molecule has 9 nitrogen and oxygen atoms in total. The zero-order valence-corrected chi connectivity index (χ0v) is 15.9. The molecule has 0 saturated heterocycles. The molecule has 1 aliphatic carbocycles. The predicted octanol–water partition coefficient (Wildman–Crippen LogP) is 1.69. The quantitative estimate of drug-likeness (QED) is 0.506. The first-order valence-electron chi connectivity index (χ1n) is 9.41. The van der Waals surface area contributed by atoms with Crippen molar-refractivity contribution in [2.75, 3.05) is 11.9 Å². The van der Waals surface area contributed by atoms with Gasteiger partial charge in [-0.3, -0.25) is 19.6 Å². The number of hydrogen-bond acceptors (Lipinski definition) is 6. The number of H-pyrrole nitrogens is 2. The Morgan fingerprint density at radius 3 is 2.45 bits per heavy atom. The first-order valence-corrected chi connectivity index (χ1v) is 9.41. The van der Waals surface area contributed by atoms with Gasteiger partial charge in [0.15, 0.2) is 12.4 Å². The van der Waals surface area contributed by atoms with Crippen molar-refractivity contribution in [2.45, 2.75) is 5.92 Å². The minimum Gasteiger partial charge on any atom is -0.482 e. The molecule has 0 spiro atoms. The number of carbonyl (C=O) groups excluding carboxylic acids is 1. The second-order valence-corrected chi connectivity index (χ2v) is 7.14. The SMILES string of the molecule is O=C(O)COc1ccccc1C1C2=C(Nc3[nH]c(=O)[nH]c(=O)c31)c1ccccc1C2=O. The Morgan fingerprint density at radius 2 is 1.68 bits per heavy atom. The van der Waals surface area contributed by atoms with Crippen LogP contribution in [0, 0.1) is 0 Å². The molecule has 0 bridgehead atoms. The topological polar surface area (TPSA) is 141 Å². The van der Waals surface area contributed by atoms with E-state index in [-0.39, 0.29) is 22.9 Å². The van der Waals surface area contributed by atoms with E-state index in [1.54, 1.807) is 48.5 Å². The minimum absolute atomic E-state index is 0.144. The lowest BCUT2D eigenvalue weighted by Gasteiger charge is -2.28. The molecule has 0 radical (unpaired) electrons. The Balaban J connectivity index is 1.79. The van der Waals surface area contributed by atoms with E-state index in [4.69, 9.17) is 9.84 Å².